The summed E-state index contributed by atoms with van der Waals surface area (Å²) in [6, 6.07) is 3.97. The molecule has 0 spiro atoms. The van der Waals surface area contributed by atoms with Crippen molar-refractivity contribution in [2.24, 2.45) is 5.92 Å². The number of ether oxygens (including phenoxy) is 2. The Balaban J connectivity index is 2.09. The molecular weight excluding hydrogens is 342 g/mol. The lowest BCUT2D eigenvalue weighted by atomic mass is 10.2. The van der Waals surface area contributed by atoms with Gasteiger partial charge in [0.25, 0.3) is 0 Å². The zero-order chi connectivity index (χ0) is 19.4. The molecule has 0 aliphatic carbocycles. The number of hydrogen-bond donors (Lipinski definition) is 1. The number of imide groups is 2. The Hall–Kier alpha value is -3.10. The summed E-state index contributed by atoms with van der Waals surface area (Å²) in [4.78, 5) is 49.9. The van der Waals surface area contributed by atoms with Gasteiger partial charge in [0, 0.05) is 30.4 Å². The maximum Gasteiger partial charge on any atom is 0.334 e. The minimum absolute atomic E-state index is 0.00808. The van der Waals surface area contributed by atoms with Crippen molar-refractivity contribution in [3.63, 3.8) is 0 Å². The van der Waals surface area contributed by atoms with Gasteiger partial charge in [0.2, 0.25) is 5.91 Å². The van der Waals surface area contributed by atoms with E-state index in [9.17, 15) is 19.2 Å². The van der Waals surface area contributed by atoms with Crippen molar-refractivity contribution >= 4 is 29.4 Å². The first kappa shape index (κ1) is 19.2. The summed E-state index contributed by atoms with van der Waals surface area (Å²) in [6.07, 6.45) is 0. The average Bonchev–Trinajstić information content (AvgIpc) is 2.79. The molecule has 9 nitrogen and oxygen atoms in total. The number of hydrogen-bond acceptors (Lipinski definition) is 6. The van der Waals surface area contributed by atoms with Gasteiger partial charge in [-0.1, -0.05) is 13.8 Å². The topological polar surface area (TPSA) is 105 Å². The van der Waals surface area contributed by atoms with E-state index in [-0.39, 0.29) is 12.5 Å². The van der Waals surface area contributed by atoms with Crippen LogP contribution < -0.4 is 14.8 Å². The van der Waals surface area contributed by atoms with Crippen LogP contribution in [0.2, 0.25) is 0 Å². The first-order valence-corrected chi connectivity index (χ1v) is 7.97. The highest BCUT2D eigenvalue weighted by Gasteiger charge is 2.45. The van der Waals surface area contributed by atoms with Crippen LogP contribution in [0.1, 0.15) is 13.8 Å². The van der Waals surface area contributed by atoms with Crippen LogP contribution in [0.4, 0.5) is 10.5 Å². The number of nitrogens with one attached hydrogen (secondary N) is 1. The first-order chi connectivity index (χ1) is 12.3. The summed E-state index contributed by atoms with van der Waals surface area (Å²) in [7, 11) is 2.94. The van der Waals surface area contributed by atoms with Crippen molar-refractivity contribution in [1.29, 1.82) is 0 Å². The van der Waals surface area contributed by atoms with Crippen molar-refractivity contribution in [2.45, 2.75) is 13.8 Å². The van der Waals surface area contributed by atoms with Gasteiger partial charge in [0.1, 0.15) is 18.0 Å². The number of benzene rings is 1. The standard InChI is InChI=1S/C17H21N3O6/c1-10(2)8-19-15(22)16(23)20(17(19)24)9-14(21)18-11-5-12(25-3)7-13(6-11)26-4/h5-7,10H,8-9H2,1-4H3,(H,18,21). The molecule has 26 heavy (non-hydrogen) atoms. The van der Waals surface area contributed by atoms with Crippen molar-refractivity contribution in [3.8, 4) is 11.5 Å². The Morgan fingerprint density at radius 3 is 2.04 bits per heavy atom. The van der Waals surface area contributed by atoms with E-state index in [0.29, 0.717) is 22.1 Å². The number of urea groups is 1. The molecule has 9 heteroatoms. The zero-order valence-corrected chi connectivity index (χ0v) is 15.1. The lowest BCUT2D eigenvalue weighted by molar-refractivity contribution is -0.143. The van der Waals surface area contributed by atoms with Gasteiger partial charge in [-0.25, -0.2) is 9.69 Å². The number of anilines is 1. The van der Waals surface area contributed by atoms with E-state index in [1.165, 1.54) is 14.2 Å². The normalized spacial score (nSPS) is 14.3. The molecular formula is C17H21N3O6. The van der Waals surface area contributed by atoms with Crippen molar-refractivity contribution < 1.29 is 28.7 Å². The third-order valence-corrected chi connectivity index (χ3v) is 3.62. The third kappa shape index (κ3) is 4.11. The van der Waals surface area contributed by atoms with Gasteiger partial charge in [-0.05, 0) is 5.92 Å². The summed E-state index contributed by atoms with van der Waals surface area (Å²) in [5.41, 5.74) is 0.371. The number of carbonyl (C=O) groups excluding carboxylic acids is 4. The monoisotopic (exact) mass is 363 g/mol. The fraction of sp³-hybridized carbons (Fsp3) is 0.412. The smallest absolute Gasteiger partial charge is 0.334 e. The molecule has 140 valence electrons. The lowest BCUT2D eigenvalue weighted by Gasteiger charge is -2.17. The Bertz CT molecular complexity index is 724. The lowest BCUT2D eigenvalue weighted by Crippen LogP contribution is -2.39. The number of nitrogens with zero attached hydrogens (tertiary/aromatic N) is 2. The molecule has 0 bridgehead atoms. The van der Waals surface area contributed by atoms with Crippen molar-refractivity contribution in [2.75, 3.05) is 32.6 Å². The second-order valence-electron chi connectivity index (χ2n) is 6.13. The predicted octanol–water partition coefficient (Wildman–Crippen LogP) is 1.09. The molecule has 0 atom stereocenters. The molecule has 1 N–H and O–H groups in total. The van der Waals surface area contributed by atoms with E-state index in [1.54, 1.807) is 18.2 Å². The SMILES string of the molecule is COc1cc(NC(=O)CN2C(=O)C(=O)N(CC(C)C)C2=O)cc(OC)c1. The van der Waals surface area contributed by atoms with Gasteiger partial charge in [-0.3, -0.25) is 19.3 Å². The maximum atomic E-state index is 12.2. The number of rotatable bonds is 7. The van der Waals surface area contributed by atoms with E-state index < -0.39 is 30.3 Å². The number of methoxy groups -OCH3 is 2. The summed E-state index contributed by atoms with van der Waals surface area (Å²) in [5, 5.41) is 2.55. The van der Waals surface area contributed by atoms with Crippen LogP contribution in [-0.2, 0) is 14.4 Å². The van der Waals surface area contributed by atoms with Gasteiger partial charge < -0.3 is 14.8 Å². The van der Waals surface area contributed by atoms with Crippen LogP contribution in [0.15, 0.2) is 18.2 Å². The highest BCUT2D eigenvalue weighted by atomic mass is 16.5. The average molecular weight is 363 g/mol. The molecule has 1 saturated heterocycles. The predicted molar refractivity (Wildman–Crippen MR) is 91.8 cm³/mol. The molecule has 1 aliphatic heterocycles. The second-order valence-corrected chi connectivity index (χ2v) is 6.13. The summed E-state index contributed by atoms with van der Waals surface area (Å²) < 4.78 is 10.2. The molecule has 1 aromatic carbocycles. The van der Waals surface area contributed by atoms with Gasteiger partial charge in [0.05, 0.1) is 14.2 Å². The second kappa shape index (κ2) is 7.85. The highest BCUT2D eigenvalue weighted by Crippen LogP contribution is 2.25. The molecule has 1 aliphatic rings. The summed E-state index contributed by atoms with van der Waals surface area (Å²) >= 11 is 0. The van der Waals surface area contributed by atoms with Gasteiger partial charge in [0.15, 0.2) is 0 Å². The van der Waals surface area contributed by atoms with E-state index in [1.807, 2.05) is 13.8 Å². The molecule has 1 aromatic rings. The maximum absolute atomic E-state index is 12.2. The van der Waals surface area contributed by atoms with Crippen LogP contribution in [0.25, 0.3) is 0 Å². The quantitative estimate of drug-likeness (QED) is 0.574. The van der Waals surface area contributed by atoms with Crippen LogP contribution in [0.3, 0.4) is 0 Å². The molecule has 0 aromatic heterocycles. The zero-order valence-electron chi connectivity index (χ0n) is 15.1. The Morgan fingerprint density at radius 1 is 1.00 bits per heavy atom. The molecule has 2 rings (SSSR count). The van der Waals surface area contributed by atoms with Gasteiger partial charge in [-0.2, -0.15) is 0 Å². The Kier molecular flexibility index (Phi) is 5.81. The van der Waals surface area contributed by atoms with Gasteiger partial charge in [-0.15, -0.1) is 0 Å². The largest absolute Gasteiger partial charge is 0.497 e. The molecule has 0 saturated carbocycles. The van der Waals surface area contributed by atoms with E-state index in [2.05, 4.69) is 5.32 Å². The molecule has 1 fully saturated rings. The fourth-order valence-corrected chi connectivity index (χ4v) is 2.44. The van der Waals surface area contributed by atoms with Gasteiger partial charge >= 0.3 is 17.8 Å². The first-order valence-electron chi connectivity index (χ1n) is 7.97. The molecule has 1 heterocycles. The van der Waals surface area contributed by atoms with E-state index in [0.717, 1.165) is 4.90 Å². The summed E-state index contributed by atoms with van der Waals surface area (Å²) in [5.74, 6) is -1.61. The van der Waals surface area contributed by atoms with E-state index in [4.69, 9.17) is 9.47 Å². The highest BCUT2D eigenvalue weighted by molar-refractivity contribution is 6.45. The van der Waals surface area contributed by atoms with Crippen molar-refractivity contribution in [3.05, 3.63) is 18.2 Å². The van der Waals surface area contributed by atoms with Crippen LogP contribution in [0.5, 0.6) is 11.5 Å². The number of carbonyl (C=O) groups is 4. The Labute approximate surface area is 150 Å². The fourth-order valence-electron chi connectivity index (χ4n) is 2.44. The molecule has 5 amide bonds. The van der Waals surface area contributed by atoms with Crippen LogP contribution in [0, 0.1) is 5.92 Å². The number of amides is 5. The van der Waals surface area contributed by atoms with Crippen molar-refractivity contribution in [1.82, 2.24) is 9.80 Å². The third-order valence-electron chi connectivity index (χ3n) is 3.62. The minimum atomic E-state index is -1.01. The minimum Gasteiger partial charge on any atom is -0.497 e. The Morgan fingerprint density at radius 2 is 1.54 bits per heavy atom. The molecule has 0 radical (unpaired) electrons. The van der Waals surface area contributed by atoms with Crippen LogP contribution >= 0.6 is 0 Å². The van der Waals surface area contributed by atoms with E-state index >= 15 is 0 Å². The van der Waals surface area contributed by atoms with Crippen LogP contribution in [-0.4, -0.2) is 60.9 Å². The summed E-state index contributed by atoms with van der Waals surface area (Å²) in [6.45, 7) is 3.19. The molecule has 0 unspecified atom stereocenters.